The molecule has 21 heavy (non-hydrogen) atoms. The number of ether oxygens (including phenoxy) is 1. The maximum atomic E-state index is 13.6. The number of carbonyl (C=O) groups is 3. The van der Waals surface area contributed by atoms with Gasteiger partial charge in [0.05, 0.1) is 12.0 Å². The van der Waals surface area contributed by atoms with E-state index in [2.05, 4.69) is 4.74 Å². The van der Waals surface area contributed by atoms with E-state index < -0.39 is 29.0 Å². The van der Waals surface area contributed by atoms with Gasteiger partial charge in [-0.2, -0.15) is 0 Å². The summed E-state index contributed by atoms with van der Waals surface area (Å²) >= 11 is 0.666. The van der Waals surface area contributed by atoms with Crippen LogP contribution in [0.25, 0.3) is 6.08 Å². The highest BCUT2D eigenvalue weighted by Crippen LogP contribution is 2.34. The molecule has 1 heterocycles. The molecule has 1 unspecified atom stereocenters. The molecule has 2 amide bonds. The number of hydrogen-bond acceptors (Lipinski definition) is 5. The first-order valence-electron chi connectivity index (χ1n) is 6.05. The summed E-state index contributed by atoms with van der Waals surface area (Å²) in [5, 5.41) is -0.583. The Bertz CT molecular complexity index is 644. The molecule has 0 saturated carbocycles. The van der Waals surface area contributed by atoms with Crippen molar-refractivity contribution in [3.05, 3.63) is 40.6 Å². The van der Waals surface area contributed by atoms with Crippen LogP contribution in [0.4, 0.5) is 9.18 Å². The molecule has 1 aliphatic rings. The van der Waals surface area contributed by atoms with Crippen molar-refractivity contribution >= 4 is 35.0 Å². The van der Waals surface area contributed by atoms with E-state index in [1.807, 2.05) is 0 Å². The Labute approximate surface area is 124 Å². The Kier molecular flexibility index (Phi) is 4.42. The Morgan fingerprint density at radius 1 is 1.38 bits per heavy atom. The monoisotopic (exact) mass is 309 g/mol. The second kappa shape index (κ2) is 6.09. The number of thioether (sulfide) groups is 1. The highest BCUT2D eigenvalue weighted by Gasteiger charge is 2.41. The van der Waals surface area contributed by atoms with Gasteiger partial charge in [-0.05, 0) is 30.8 Å². The molecule has 0 bridgehead atoms. The number of imide groups is 1. The number of hydrogen-bond donors (Lipinski definition) is 0. The second-order valence-corrected chi connectivity index (χ2v) is 5.27. The van der Waals surface area contributed by atoms with Crippen LogP contribution in [0, 0.1) is 5.82 Å². The van der Waals surface area contributed by atoms with Crippen molar-refractivity contribution in [3.8, 4) is 0 Å². The molecule has 1 fully saturated rings. The van der Waals surface area contributed by atoms with Crippen LogP contribution in [0.5, 0.6) is 0 Å². The van der Waals surface area contributed by atoms with Crippen molar-refractivity contribution in [1.82, 2.24) is 4.90 Å². The van der Waals surface area contributed by atoms with Crippen LogP contribution in [0.2, 0.25) is 0 Å². The number of rotatable bonds is 3. The second-order valence-electron chi connectivity index (χ2n) is 4.27. The first-order chi connectivity index (χ1) is 9.95. The number of benzene rings is 1. The summed E-state index contributed by atoms with van der Waals surface area (Å²) in [6.07, 6.45) is 1.30. The van der Waals surface area contributed by atoms with Gasteiger partial charge < -0.3 is 4.74 Å². The van der Waals surface area contributed by atoms with E-state index in [-0.39, 0.29) is 10.5 Å². The Balaban J connectivity index is 2.30. The van der Waals surface area contributed by atoms with Crippen LogP contribution in [-0.4, -0.2) is 35.2 Å². The molecule has 7 heteroatoms. The lowest BCUT2D eigenvalue weighted by atomic mass is 10.2. The molecule has 0 N–H and O–H groups in total. The molecule has 1 aromatic rings. The minimum Gasteiger partial charge on any atom is -0.467 e. The molecule has 0 spiro atoms. The molecule has 1 atom stereocenters. The van der Waals surface area contributed by atoms with Crippen molar-refractivity contribution in [1.29, 1.82) is 0 Å². The first-order valence-corrected chi connectivity index (χ1v) is 6.86. The van der Waals surface area contributed by atoms with E-state index in [0.29, 0.717) is 11.8 Å². The van der Waals surface area contributed by atoms with E-state index in [4.69, 9.17) is 0 Å². The first kappa shape index (κ1) is 15.2. The van der Waals surface area contributed by atoms with Crippen molar-refractivity contribution < 1.29 is 23.5 Å². The van der Waals surface area contributed by atoms with Gasteiger partial charge in [-0.3, -0.25) is 14.5 Å². The third-order valence-electron chi connectivity index (χ3n) is 2.94. The predicted octanol–water partition coefficient (Wildman–Crippen LogP) is 2.42. The predicted molar refractivity (Wildman–Crippen MR) is 75.7 cm³/mol. The molecule has 5 nitrogen and oxygen atoms in total. The standard InChI is InChI=1S/C14H12FNO4S/c1-8(13(18)20-2)16-12(17)11(21-14(16)19)7-9-5-3-4-6-10(9)15/h3-8H,1-2H3. The smallest absolute Gasteiger partial charge is 0.328 e. The summed E-state index contributed by atoms with van der Waals surface area (Å²) in [7, 11) is 1.17. The molecular weight excluding hydrogens is 297 g/mol. The number of halogens is 1. The van der Waals surface area contributed by atoms with Gasteiger partial charge in [0.2, 0.25) is 0 Å². The topological polar surface area (TPSA) is 63.7 Å². The van der Waals surface area contributed by atoms with E-state index >= 15 is 0 Å². The minimum absolute atomic E-state index is 0.0702. The molecule has 1 saturated heterocycles. The van der Waals surface area contributed by atoms with Gasteiger partial charge in [0, 0.05) is 5.56 Å². The summed E-state index contributed by atoms with van der Waals surface area (Å²) in [5.41, 5.74) is 0.203. The normalized spacial score (nSPS) is 18.2. The zero-order valence-electron chi connectivity index (χ0n) is 11.3. The maximum absolute atomic E-state index is 13.6. The van der Waals surface area contributed by atoms with Crippen molar-refractivity contribution in [2.45, 2.75) is 13.0 Å². The maximum Gasteiger partial charge on any atom is 0.328 e. The fraction of sp³-hybridized carbons (Fsp3) is 0.214. The van der Waals surface area contributed by atoms with Crippen LogP contribution in [0.1, 0.15) is 12.5 Å². The zero-order valence-corrected chi connectivity index (χ0v) is 12.1. The van der Waals surface area contributed by atoms with Crippen molar-refractivity contribution in [2.24, 2.45) is 0 Å². The largest absolute Gasteiger partial charge is 0.467 e. The fourth-order valence-electron chi connectivity index (χ4n) is 1.82. The van der Waals surface area contributed by atoms with Gasteiger partial charge in [-0.25, -0.2) is 9.18 Å². The molecule has 1 aromatic carbocycles. The minimum atomic E-state index is -1.02. The van der Waals surface area contributed by atoms with E-state index in [1.165, 1.54) is 38.3 Å². The SMILES string of the molecule is COC(=O)C(C)N1C(=O)SC(=Cc2ccccc2F)C1=O. The Morgan fingerprint density at radius 2 is 2.05 bits per heavy atom. The molecule has 2 rings (SSSR count). The van der Waals surface area contributed by atoms with Crippen LogP contribution < -0.4 is 0 Å². The zero-order chi connectivity index (χ0) is 15.6. The van der Waals surface area contributed by atoms with Gasteiger partial charge in [-0.1, -0.05) is 18.2 Å². The molecule has 1 aliphatic heterocycles. The molecule has 0 aromatic heterocycles. The molecule has 0 aliphatic carbocycles. The summed E-state index contributed by atoms with van der Waals surface area (Å²) < 4.78 is 18.1. The number of esters is 1. The third kappa shape index (κ3) is 2.97. The highest BCUT2D eigenvalue weighted by molar-refractivity contribution is 8.18. The van der Waals surface area contributed by atoms with Crippen molar-refractivity contribution in [2.75, 3.05) is 7.11 Å². The average molecular weight is 309 g/mol. The average Bonchev–Trinajstić information content (AvgIpc) is 2.74. The van der Waals surface area contributed by atoms with Gasteiger partial charge in [0.15, 0.2) is 0 Å². The number of amides is 2. The number of nitrogens with zero attached hydrogens (tertiary/aromatic N) is 1. The van der Waals surface area contributed by atoms with Gasteiger partial charge in [0.25, 0.3) is 11.1 Å². The van der Waals surface area contributed by atoms with Gasteiger partial charge in [0.1, 0.15) is 11.9 Å². The van der Waals surface area contributed by atoms with E-state index in [1.54, 1.807) is 6.07 Å². The fourth-order valence-corrected chi connectivity index (χ4v) is 2.72. The summed E-state index contributed by atoms with van der Waals surface area (Å²) in [4.78, 5) is 36.4. The molecule has 0 radical (unpaired) electrons. The van der Waals surface area contributed by atoms with Crippen LogP contribution in [-0.2, 0) is 14.3 Å². The molecular formula is C14H12FNO4S. The van der Waals surface area contributed by atoms with Crippen LogP contribution in [0.15, 0.2) is 29.2 Å². The molecule has 110 valence electrons. The highest BCUT2D eigenvalue weighted by atomic mass is 32.2. The lowest BCUT2D eigenvalue weighted by molar-refractivity contribution is -0.148. The Hall–Kier alpha value is -2.15. The van der Waals surface area contributed by atoms with Crippen molar-refractivity contribution in [3.63, 3.8) is 0 Å². The summed E-state index contributed by atoms with van der Waals surface area (Å²) in [6, 6.07) is 4.88. The summed E-state index contributed by atoms with van der Waals surface area (Å²) in [5.74, 6) is -1.82. The lowest BCUT2D eigenvalue weighted by Crippen LogP contribution is -2.42. The third-order valence-corrected chi connectivity index (χ3v) is 3.83. The van der Waals surface area contributed by atoms with E-state index in [0.717, 1.165) is 4.90 Å². The lowest BCUT2D eigenvalue weighted by Gasteiger charge is -2.18. The number of methoxy groups -OCH3 is 1. The van der Waals surface area contributed by atoms with Gasteiger partial charge >= 0.3 is 5.97 Å². The summed E-state index contributed by atoms with van der Waals surface area (Å²) in [6.45, 7) is 1.40. The quantitative estimate of drug-likeness (QED) is 0.634. The van der Waals surface area contributed by atoms with Crippen LogP contribution in [0.3, 0.4) is 0 Å². The van der Waals surface area contributed by atoms with Crippen LogP contribution >= 0.6 is 11.8 Å². The van der Waals surface area contributed by atoms with Gasteiger partial charge in [-0.15, -0.1) is 0 Å². The Morgan fingerprint density at radius 3 is 2.67 bits per heavy atom. The van der Waals surface area contributed by atoms with E-state index in [9.17, 15) is 18.8 Å². The number of carbonyl (C=O) groups excluding carboxylic acids is 3.